The van der Waals surface area contributed by atoms with Crippen LogP contribution in [0.3, 0.4) is 0 Å². The van der Waals surface area contributed by atoms with E-state index in [0.29, 0.717) is 13.2 Å². The Bertz CT molecular complexity index is 1500. The molecule has 216 valence electrons. The lowest BCUT2D eigenvalue weighted by atomic mass is 9.64. The van der Waals surface area contributed by atoms with Gasteiger partial charge in [0.2, 0.25) is 5.91 Å². The van der Waals surface area contributed by atoms with E-state index < -0.39 is 5.83 Å². The molecule has 1 amide bonds. The number of halogens is 1. The topological polar surface area (TPSA) is 88.3 Å². The zero-order valence-corrected chi connectivity index (χ0v) is 23.9. The summed E-state index contributed by atoms with van der Waals surface area (Å²) in [5.74, 6) is -0.641. The Balaban J connectivity index is 1.22. The number of anilines is 1. The van der Waals surface area contributed by atoms with Gasteiger partial charge in [-0.25, -0.2) is 14.4 Å². The molecule has 3 aromatic rings. The van der Waals surface area contributed by atoms with Crippen LogP contribution in [0.5, 0.6) is 6.01 Å². The average molecular weight is 567 g/mol. The summed E-state index contributed by atoms with van der Waals surface area (Å²) in [7, 11) is 1.52. The third kappa shape index (κ3) is 5.30. The molecule has 0 atom stereocenters. The van der Waals surface area contributed by atoms with Crippen LogP contribution in [0, 0.1) is 16.7 Å². The van der Waals surface area contributed by atoms with E-state index in [1.54, 1.807) is 17.3 Å². The number of hydrogen-bond donors (Lipinski definition) is 0. The van der Waals surface area contributed by atoms with Gasteiger partial charge in [0.15, 0.2) is 0 Å². The first-order valence-electron chi connectivity index (χ1n) is 14.6. The molecule has 42 heavy (non-hydrogen) atoms. The minimum Gasteiger partial charge on any atom is -0.467 e. The van der Waals surface area contributed by atoms with Gasteiger partial charge in [0.05, 0.1) is 36.6 Å². The first-order chi connectivity index (χ1) is 20.3. The summed E-state index contributed by atoms with van der Waals surface area (Å²) in [4.78, 5) is 23.8. The number of aromatic nitrogens is 2. The number of methoxy groups -OCH3 is 1. The summed E-state index contributed by atoms with van der Waals surface area (Å²) in [6.07, 6.45) is 8.85. The van der Waals surface area contributed by atoms with Crippen molar-refractivity contribution in [1.29, 1.82) is 5.26 Å². The molecule has 7 rings (SSSR count). The normalized spacial score (nSPS) is 23.5. The predicted molar refractivity (Wildman–Crippen MR) is 157 cm³/mol. The van der Waals surface area contributed by atoms with Gasteiger partial charge in [-0.1, -0.05) is 43.0 Å². The van der Waals surface area contributed by atoms with Crippen molar-refractivity contribution < 1.29 is 18.7 Å². The van der Waals surface area contributed by atoms with Crippen LogP contribution in [-0.4, -0.2) is 36.1 Å². The molecule has 7 nitrogen and oxygen atoms in total. The molecular weight excluding hydrogens is 531 g/mol. The van der Waals surface area contributed by atoms with Crippen molar-refractivity contribution >= 4 is 11.6 Å². The second-order valence-corrected chi connectivity index (χ2v) is 12.1. The second kappa shape index (κ2) is 11.0. The first-order valence-corrected chi connectivity index (χ1v) is 14.6. The van der Waals surface area contributed by atoms with Gasteiger partial charge in [-0.2, -0.15) is 5.26 Å². The van der Waals surface area contributed by atoms with E-state index in [-0.39, 0.29) is 41.2 Å². The van der Waals surface area contributed by atoms with Gasteiger partial charge in [-0.3, -0.25) is 4.79 Å². The molecule has 3 heterocycles. The van der Waals surface area contributed by atoms with Gasteiger partial charge in [0.25, 0.3) is 0 Å². The van der Waals surface area contributed by atoms with E-state index in [0.717, 1.165) is 66.5 Å². The molecule has 2 aliphatic heterocycles. The number of benzene rings is 2. The zero-order chi connectivity index (χ0) is 29.4. The molecule has 2 aromatic carbocycles. The lowest BCUT2D eigenvalue weighted by Crippen LogP contribution is -2.54. The highest BCUT2D eigenvalue weighted by molar-refractivity contribution is 5.94. The SMILES string of the molecule is C=C(F)CCC(=O)N(CC12CCC(c3ccc(C4(C#N)CC4)cc3)(CC1)OC2)c1cccc(-c2cnc(OC)nc2)c1. The Morgan fingerprint density at radius 3 is 2.29 bits per heavy atom. The van der Waals surface area contributed by atoms with Gasteiger partial charge >= 0.3 is 6.01 Å². The van der Waals surface area contributed by atoms with E-state index in [1.807, 2.05) is 24.3 Å². The molecule has 0 spiro atoms. The highest BCUT2D eigenvalue weighted by Gasteiger charge is 2.52. The maximum atomic E-state index is 13.6. The van der Waals surface area contributed by atoms with Crippen molar-refractivity contribution in [3.05, 3.63) is 84.5 Å². The van der Waals surface area contributed by atoms with E-state index in [4.69, 9.17) is 9.47 Å². The summed E-state index contributed by atoms with van der Waals surface area (Å²) >= 11 is 0. The number of allylic oxidation sites excluding steroid dienone is 1. The van der Waals surface area contributed by atoms with Gasteiger partial charge in [0.1, 0.15) is 0 Å². The summed E-state index contributed by atoms with van der Waals surface area (Å²) < 4.78 is 25.3. The molecule has 2 aliphatic carbocycles. The summed E-state index contributed by atoms with van der Waals surface area (Å²) in [6, 6.07) is 19.0. The van der Waals surface area contributed by atoms with Gasteiger partial charge < -0.3 is 14.4 Å². The highest BCUT2D eigenvalue weighted by Crippen LogP contribution is 2.55. The molecule has 1 aromatic heterocycles. The molecular formula is C34H35FN4O3. The van der Waals surface area contributed by atoms with Crippen molar-refractivity contribution in [2.75, 3.05) is 25.2 Å². The largest absolute Gasteiger partial charge is 0.467 e. The van der Waals surface area contributed by atoms with Gasteiger partial charge in [0, 0.05) is 48.4 Å². The molecule has 4 aliphatic rings. The van der Waals surface area contributed by atoms with E-state index in [1.165, 1.54) is 7.11 Å². The number of hydrogen-bond acceptors (Lipinski definition) is 6. The number of rotatable bonds is 10. The average Bonchev–Trinajstić information content (AvgIpc) is 3.85. The smallest absolute Gasteiger partial charge is 0.316 e. The lowest BCUT2D eigenvalue weighted by molar-refractivity contribution is -0.186. The number of nitrogens with zero attached hydrogens (tertiary/aromatic N) is 4. The molecule has 2 bridgehead atoms. The monoisotopic (exact) mass is 566 g/mol. The van der Waals surface area contributed by atoms with Crippen LogP contribution in [0.25, 0.3) is 11.1 Å². The van der Waals surface area contributed by atoms with Crippen molar-refractivity contribution in [2.45, 2.75) is 62.4 Å². The number of amides is 1. The van der Waals surface area contributed by atoms with E-state index >= 15 is 0 Å². The quantitative estimate of drug-likeness (QED) is 0.269. The number of ether oxygens (including phenoxy) is 2. The number of fused-ring (bicyclic) bond motifs is 3. The molecule has 0 radical (unpaired) electrons. The summed E-state index contributed by atoms with van der Waals surface area (Å²) in [6.45, 7) is 4.38. The van der Waals surface area contributed by atoms with Crippen molar-refractivity contribution in [1.82, 2.24) is 9.97 Å². The Kier molecular flexibility index (Phi) is 7.32. The van der Waals surface area contributed by atoms with Crippen LogP contribution in [0.15, 0.2) is 73.3 Å². The van der Waals surface area contributed by atoms with Crippen molar-refractivity contribution in [2.24, 2.45) is 5.41 Å². The molecule has 0 unspecified atom stereocenters. The fourth-order valence-electron chi connectivity index (χ4n) is 6.48. The van der Waals surface area contributed by atoms with Crippen molar-refractivity contribution in [3.8, 4) is 23.2 Å². The summed E-state index contributed by atoms with van der Waals surface area (Å²) in [5, 5.41) is 9.57. The van der Waals surface area contributed by atoms with E-state index in [2.05, 4.69) is 46.9 Å². The third-order valence-corrected chi connectivity index (χ3v) is 9.41. The number of nitriles is 1. The zero-order valence-electron chi connectivity index (χ0n) is 23.9. The second-order valence-electron chi connectivity index (χ2n) is 12.1. The fraction of sp³-hybridized carbons (Fsp3) is 0.412. The van der Waals surface area contributed by atoms with Crippen LogP contribution in [0.4, 0.5) is 10.1 Å². The number of carbonyl (C=O) groups is 1. The highest BCUT2D eigenvalue weighted by atomic mass is 19.1. The van der Waals surface area contributed by atoms with Crippen LogP contribution in [0.2, 0.25) is 0 Å². The van der Waals surface area contributed by atoms with Crippen LogP contribution < -0.4 is 9.64 Å². The maximum absolute atomic E-state index is 13.6. The molecule has 0 N–H and O–H groups in total. The Hall–Kier alpha value is -4.09. The fourth-order valence-corrected chi connectivity index (χ4v) is 6.48. The van der Waals surface area contributed by atoms with E-state index in [9.17, 15) is 14.4 Å². The molecule has 4 fully saturated rings. The number of carbonyl (C=O) groups excluding carboxylic acids is 1. The van der Waals surface area contributed by atoms with Gasteiger partial charge in [-0.15, -0.1) is 0 Å². The Labute approximate surface area is 246 Å². The first kappa shape index (κ1) is 28.0. The predicted octanol–water partition coefficient (Wildman–Crippen LogP) is 6.79. The van der Waals surface area contributed by atoms with Crippen LogP contribution >= 0.6 is 0 Å². The Morgan fingerprint density at radius 2 is 1.71 bits per heavy atom. The van der Waals surface area contributed by atoms with Crippen LogP contribution in [-0.2, 0) is 20.5 Å². The molecule has 2 saturated carbocycles. The summed E-state index contributed by atoms with van der Waals surface area (Å²) in [5.41, 5.74) is 3.86. The minimum absolute atomic E-state index is 0.00294. The standard InChI is InChI=1S/C34H35FN4O3/c1-24(35)6-11-30(40)39(29-5-3-4-25(18-29)26-19-37-31(41-2)38-20-26)22-32-12-16-34(17-13-32,42-23-32)28-9-7-27(8-10-28)33(21-36)14-15-33/h3-5,7-10,18-20H,1,6,11-17,22-23H2,2H3. The van der Waals surface area contributed by atoms with Gasteiger partial charge in [-0.05, 0) is 67.3 Å². The van der Waals surface area contributed by atoms with Crippen molar-refractivity contribution in [3.63, 3.8) is 0 Å². The third-order valence-electron chi connectivity index (χ3n) is 9.41. The lowest BCUT2D eigenvalue weighted by Gasteiger charge is -2.54. The molecule has 2 saturated heterocycles. The maximum Gasteiger partial charge on any atom is 0.316 e. The Morgan fingerprint density at radius 1 is 1.02 bits per heavy atom. The van der Waals surface area contributed by atoms with Crippen LogP contribution in [0.1, 0.15) is 62.5 Å². The molecule has 8 heteroatoms. The minimum atomic E-state index is -0.498.